The van der Waals surface area contributed by atoms with Crippen LogP contribution in [0.15, 0.2) is 60.3 Å². The lowest BCUT2D eigenvalue weighted by molar-refractivity contribution is -0.114. The molecule has 7 nitrogen and oxygen atoms in total. The van der Waals surface area contributed by atoms with E-state index in [0.717, 1.165) is 0 Å². The summed E-state index contributed by atoms with van der Waals surface area (Å²) in [6.45, 7) is 1.41. The number of nitrogens with one attached hydrogen (secondary N) is 3. The van der Waals surface area contributed by atoms with E-state index in [4.69, 9.17) is 4.74 Å². The van der Waals surface area contributed by atoms with Gasteiger partial charge < -0.3 is 20.7 Å². The van der Waals surface area contributed by atoms with Gasteiger partial charge >= 0.3 is 0 Å². The summed E-state index contributed by atoms with van der Waals surface area (Å²) >= 11 is 0. The minimum atomic E-state index is -0.554. The molecule has 2 amide bonds. The topological polar surface area (TPSA) is 103 Å². The maximum atomic E-state index is 12.2. The van der Waals surface area contributed by atoms with Crippen LogP contribution in [0.1, 0.15) is 6.92 Å². The van der Waals surface area contributed by atoms with Crippen LogP contribution in [0, 0.1) is 11.3 Å². The van der Waals surface area contributed by atoms with Crippen LogP contribution in [0.25, 0.3) is 0 Å². The van der Waals surface area contributed by atoms with Gasteiger partial charge in [0.1, 0.15) is 17.4 Å². The number of rotatable bonds is 6. The van der Waals surface area contributed by atoms with Crippen molar-refractivity contribution in [2.75, 3.05) is 23.1 Å². The summed E-state index contributed by atoms with van der Waals surface area (Å²) in [6, 6.07) is 15.6. The van der Waals surface area contributed by atoms with Gasteiger partial charge in [-0.2, -0.15) is 5.26 Å². The minimum Gasteiger partial charge on any atom is -0.495 e. The molecule has 7 heteroatoms. The quantitative estimate of drug-likeness (QED) is 0.549. The molecule has 0 atom stereocenters. The lowest BCUT2D eigenvalue weighted by atomic mass is 10.2. The molecule has 0 unspecified atom stereocenters. The van der Waals surface area contributed by atoms with Gasteiger partial charge in [0.05, 0.1) is 12.8 Å². The van der Waals surface area contributed by atoms with Crippen LogP contribution in [0.2, 0.25) is 0 Å². The molecule has 0 saturated carbocycles. The lowest BCUT2D eigenvalue weighted by Crippen LogP contribution is -2.14. The van der Waals surface area contributed by atoms with Crippen molar-refractivity contribution in [2.24, 2.45) is 0 Å². The van der Waals surface area contributed by atoms with Gasteiger partial charge in [-0.1, -0.05) is 12.1 Å². The number of amides is 2. The summed E-state index contributed by atoms with van der Waals surface area (Å²) in [5.74, 6) is -0.143. The standard InChI is InChI=1S/C19H18N4O3/c1-13(24)22-15-7-9-16(10-8-15)23-19(25)14(11-20)12-21-17-5-3-4-6-18(17)26-2/h3-10,12,21H,1-2H3,(H,22,24)(H,23,25)/b14-12-. The van der Waals surface area contributed by atoms with Crippen molar-refractivity contribution < 1.29 is 14.3 Å². The van der Waals surface area contributed by atoms with Crippen molar-refractivity contribution in [1.29, 1.82) is 5.26 Å². The number of para-hydroxylation sites is 2. The molecule has 0 saturated heterocycles. The highest BCUT2D eigenvalue weighted by atomic mass is 16.5. The van der Waals surface area contributed by atoms with E-state index in [0.29, 0.717) is 22.8 Å². The zero-order valence-corrected chi connectivity index (χ0v) is 14.4. The molecular formula is C19H18N4O3. The smallest absolute Gasteiger partial charge is 0.267 e. The highest BCUT2D eigenvalue weighted by Crippen LogP contribution is 2.23. The second kappa shape index (κ2) is 8.89. The highest BCUT2D eigenvalue weighted by molar-refractivity contribution is 6.06. The summed E-state index contributed by atoms with van der Waals surface area (Å²) in [7, 11) is 1.53. The van der Waals surface area contributed by atoms with E-state index in [-0.39, 0.29) is 11.5 Å². The third kappa shape index (κ3) is 5.11. The number of nitrogens with zero attached hydrogens (tertiary/aromatic N) is 1. The van der Waals surface area contributed by atoms with Crippen molar-refractivity contribution in [3.8, 4) is 11.8 Å². The summed E-state index contributed by atoms with van der Waals surface area (Å²) < 4.78 is 5.20. The number of anilines is 3. The van der Waals surface area contributed by atoms with Crippen LogP contribution in [0.3, 0.4) is 0 Å². The van der Waals surface area contributed by atoms with Crippen LogP contribution >= 0.6 is 0 Å². The number of carbonyl (C=O) groups excluding carboxylic acids is 2. The van der Waals surface area contributed by atoms with E-state index in [2.05, 4.69) is 16.0 Å². The van der Waals surface area contributed by atoms with E-state index < -0.39 is 5.91 Å². The Hall–Kier alpha value is -3.79. The molecule has 0 radical (unpaired) electrons. The first kappa shape index (κ1) is 18.5. The van der Waals surface area contributed by atoms with Crippen molar-refractivity contribution >= 4 is 28.9 Å². The molecule has 132 valence electrons. The largest absolute Gasteiger partial charge is 0.495 e. The van der Waals surface area contributed by atoms with Crippen molar-refractivity contribution in [3.05, 3.63) is 60.3 Å². The van der Waals surface area contributed by atoms with Crippen molar-refractivity contribution in [1.82, 2.24) is 0 Å². The number of hydrogen-bond acceptors (Lipinski definition) is 5. The molecule has 0 fully saturated rings. The predicted octanol–water partition coefficient (Wildman–Crippen LogP) is 3.11. The summed E-state index contributed by atoms with van der Waals surface area (Å²) in [4.78, 5) is 23.2. The number of ether oxygens (including phenoxy) is 1. The van der Waals surface area contributed by atoms with Crippen molar-refractivity contribution in [3.63, 3.8) is 0 Å². The lowest BCUT2D eigenvalue weighted by Gasteiger charge is -2.09. The SMILES string of the molecule is COc1ccccc1N/C=C(/C#N)C(=O)Nc1ccc(NC(C)=O)cc1. The molecule has 0 bridgehead atoms. The van der Waals surface area contributed by atoms with Crippen LogP contribution in [-0.2, 0) is 9.59 Å². The number of benzene rings is 2. The molecule has 2 aromatic rings. The zero-order chi connectivity index (χ0) is 18.9. The molecule has 0 heterocycles. The van der Waals surface area contributed by atoms with Gasteiger partial charge in [0, 0.05) is 24.5 Å². The predicted molar refractivity (Wildman–Crippen MR) is 99.7 cm³/mol. The molecule has 2 rings (SSSR count). The van der Waals surface area contributed by atoms with E-state index in [1.165, 1.54) is 20.2 Å². The molecule has 0 aromatic heterocycles. The van der Waals surface area contributed by atoms with Crippen LogP contribution in [0.4, 0.5) is 17.1 Å². The van der Waals surface area contributed by atoms with Crippen molar-refractivity contribution in [2.45, 2.75) is 6.92 Å². The first-order valence-electron chi connectivity index (χ1n) is 7.72. The van der Waals surface area contributed by atoms with E-state index >= 15 is 0 Å². The Kier molecular flexibility index (Phi) is 6.34. The average Bonchev–Trinajstić information content (AvgIpc) is 2.63. The molecular weight excluding hydrogens is 332 g/mol. The summed E-state index contributed by atoms with van der Waals surface area (Å²) in [5, 5.41) is 17.4. The molecule has 26 heavy (non-hydrogen) atoms. The van der Waals surface area contributed by atoms with E-state index in [1.54, 1.807) is 42.5 Å². The Balaban J connectivity index is 2.06. The van der Waals surface area contributed by atoms with Gasteiger partial charge in [0.25, 0.3) is 5.91 Å². The number of carbonyl (C=O) groups is 2. The van der Waals surface area contributed by atoms with Gasteiger partial charge in [0.2, 0.25) is 5.91 Å². The van der Waals surface area contributed by atoms with Gasteiger partial charge in [-0.05, 0) is 36.4 Å². The monoisotopic (exact) mass is 350 g/mol. The molecule has 3 N–H and O–H groups in total. The second-order valence-corrected chi connectivity index (χ2v) is 5.23. The van der Waals surface area contributed by atoms with Crippen LogP contribution in [-0.4, -0.2) is 18.9 Å². The Morgan fingerprint density at radius 3 is 2.23 bits per heavy atom. The highest BCUT2D eigenvalue weighted by Gasteiger charge is 2.10. The van der Waals surface area contributed by atoms with E-state index in [9.17, 15) is 14.9 Å². The Morgan fingerprint density at radius 1 is 1.04 bits per heavy atom. The molecule has 0 spiro atoms. The molecule has 0 aliphatic heterocycles. The first-order valence-corrected chi connectivity index (χ1v) is 7.72. The minimum absolute atomic E-state index is 0.0955. The summed E-state index contributed by atoms with van der Waals surface area (Å²) in [5.41, 5.74) is 1.66. The maximum Gasteiger partial charge on any atom is 0.267 e. The van der Waals surface area contributed by atoms with Crippen LogP contribution in [0.5, 0.6) is 5.75 Å². The maximum absolute atomic E-state index is 12.2. The molecule has 0 aliphatic carbocycles. The zero-order valence-electron chi connectivity index (χ0n) is 14.4. The second-order valence-electron chi connectivity index (χ2n) is 5.23. The van der Waals surface area contributed by atoms with E-state index in [1.807, 2.05) is 12.1 Å². The fourth-order valence-corrected chi connectivity index (χ4v) is 2.10. The Labute approximate surface area is 151 Å². The normalized spacial score (nSPS) is 10.4. The Morgan fingerprint density at radius 2 is 1.65 bits per heavy atom. The Bertz CT molecular complexity index is 867. The fraction of sp³-hybridized carbons (Fsp3) is 0.105. The van der Waals surface area contributed by atoms with Gasteiger partial charge in [-0.15, -0.1) is 0 Å². The van der Waals surface area contributed by atoms with Gasteiger partial charge in [-0.3, -0.25) is 9.59 Å². The van der Waals surface area contributed by atoms with Gasteiger partial charge in [-0.25, -0.2) is 0 Å². The fourth-order valence-electron chi connectivity index (χ4n) is 2.10. The summed E-state index contributed by atoms with van der Waals surface area (Å²) in [6.07, 6.45) is 1.32. The molecule has 0 aliphatic rings. The number of nitriles is 1. The molecule has 2 aromatic carbocycles. The van der Waals surface area contributed by atoms with Crippen LogP contribution < -0.4 is 20.7 Å². The number of hydrogen-bond donors (Lipinski definition) is 3. The third-order valence-corrected chi connectivity index (χ3v) is 3.31. The average molecular weight is 350 g/mol. The third-order valence-electron chi connectivity index (χ3n) is 3.31. The first-order chi connectivity index (χ1) is 12.5. The number of methoxy groups -OCH3 is 1. The van der Waals surface area contributed by atoms with Gasteiger partial charge in [0.15, 0.2) is 0 Å².